The Morgan fingerprint density at radius 2 is 2.24 bits per heavy atom. The van der Waals surface area contributed by atoms with E-state index in [0.29, 0.717) is 6.42 Å². The summed E-state index contributed by atoms with van der Waals surface area (Å²) in [4.78, 5) is 0. The van der Waals surface area contributed by atoms with Crippen molar-refractivity contribution in [3.8, 4) is 12.3 Å². The summed E-state index contributed by atoms with van der Waals surface area (Å²) < 4.78 is 47.7. The number of allylic oxidation sites excluding steroid dienone is 1. The average Bonchev–Trinajstić information content (AvgIpc) is 2.66. The molecule has 3 atom stereocenters. The first-order valence-corrected chi connectivity index (χ1v) is 5.37. The standard InChI is InChI=1S/C12H15F3O2/c1-3-5-6-9-10(16-7-4-2)8-11(17-9)12(13,14)15/h2-3,5,9-11H,6-8H2,1H3/b5-3+. The lowest BCUT2D eigenvalue weighted by molar-refractivity contribution is -0.214. The Kier molecular flexibility index (Phi) is 5.03. The van der Waals surface area contributed by atoms with E-state index < -0.39 is 24.5 Å². The molecule has 96 valence electrons. The van der Waals surface area contributed by atoms with Crippen LogP contribution in [-0.4, -0.2) is 31.1 Å². The van der Waals surface area contributed by atoms with Gasteiger partial charge < -0.3 is 9.47 Å². The first-order valence-electron chi connectivity index (χ1n) is 5.37. The Morgan fingerprint density at radius 3 is 2.76 bits per heavy atom. The molecule has 2 nitrogen and oxygen atoms in total. The minimum atomic E-state index is -4.34. The third kappa shape index (κ3) is 4.06. The topological polar surface area (TPSA) is 18.5 Å². The zero-order valence-electron chi connectivity index (χ0n) is 9.54. The van der Waals surface area contributed by atoms with E-state index >= 15 is 0 Å². The maximum absolute atomic E-state index is 12.5. The summed E-state index contributed by atoms with van der Waals surface area (Å²) in [6.07, 6.45) is 1.50. The molecule has 1 rings (SSSR count). The number of hydrogen-bond acceptors (Lipinski definition) is 2. The van der Waals surface area contributed by atoms with Crippen LogP contribution in [0, 0.1) is 12.3 Å². The van der Waals surface area contributed by atoms with E-state index in [0.717, 1.165) is 0 Å². The maximum atomic E-state index is 12.5. The maximum Gasteiger partial charge on any atom is 0.414 e. The minimum absolute atomic E-state index is 0.00490. The second-order valence-electron chi connectivity index (χ2n) is 3.80. The van der Waals surface area contributed by atoms with Crippen molar-refractivity contribution in [2.45, 2.75) is 44.3 Å². The summed E-state index contributed by atoms with van der Waals surface area (Å²) in [5.74, 6) is 2.25. The summed E-state index contributed by atoms with van der Waals surface area (Å²) in [6, 6.07) is 0. The molecule has 0 radical (unpaired) electrons. The number of terminal acetylenes is 1. The average molecular weight is 248 g/mol. The van der Waals surface area contributed by atoms with Crippen LogP contribution in [0.15, 0.2) is 12.2 Å². The van der Waals surface area contributed by atoms with Crippen molar-refractivity contribution in [1.82, 2.24) is 0 Å². The van der Waals surface area contributed by atoms with Gasteiger partial charge in [-0.05, 0) is 13.3 Å². The van der Waals surface area contributed by atoms with E-state index in [2.05, 4.69) is 5.92 Å². The van der Waals surface area contributed by atoms with Crippen LogP contribution in [0.5, 0.6) is 0 Å². The van der Waals surface area contributed by atoms with Gasteiger partial charge in [0.15, 0.2) is 6.10 Å². The number of ether oxygens (including phenoxy) is 2. The largest absolute Gasteiger partial charge is 0.414 e. The van der Waals surface area contributed by atoms with Crippen LogP contribution in [0.25, 0.3) is 0 Å². The first-order chi connectivity index (χ1) is 7.99. The van der Waals surface area contributed by atoms with E-state index in [9.17, 15) is 13.2 Å². The molecule has 3 unspecified atom stereocenters. The highest BCUT2D eigenvalue weighted by atomic mass is 19.4. The molecule has 1 aliphatic rings. The fourth-order valence-corrected chi connectivity index (χ4v) is 1.74. The van der Waals surface area contributed by atoms with Gasteiger partial charge in [0.1, 0.15) is 6.61 Å². The minimum Gasteiger partial charge on any atom is -0.363 e. The zero-order valence-corrected chi connectivity index (χ0v) is 9.54. The Balaban J connectivity index is 2.62. The smallest absolute Gasteiger partial charge is 0.363 e. The molecule has 0 amide bonds. The lowest BCUT2D eigenvalue weighted by atomic mass is 10.1. The van der Waals surface area contributed by atoms with Crippen molar-refractivity contribution in [3.05, 3.63) is 12.2 Å². The van der Waals surface area contributed by atoms with Gasteiger partial charge in [-0.3, -0.25) is 0 Å². The van der Waals surface area contributed by atoms with Crippen LogP contribution in [0.3, 0.4) is 0 Å². The fourth-order valence-electron chi connectivity index (χ4n) is 1.74. The molecule has 1 aliphatic heterocycles. The van der Waals surface area contributed by atoms with Crippen molar-refractivity contribution < 1.29 is 22.6 Å². The van der Waals surface area contributed by atoms with E-state index in [4.69, 9.17) is 15.9 Å². The highest BCUT2D eigenvalue weighted by Gasteiger charge is 2.49. The summed E-state index contributed by atoms with van der Waals surface area (Å²) in [5, 5.41) is 0. The van der Waals surface area contributed by atoms with Crippen molar-refractivity contribution in [2.24, 2.45) is 0 Å². The molecule has 5 heteroatoms. The van der Waals surface area contributed by atoms with Crippen molar-refractivity contribution in [3.63, 3.8) is 0 Å². The highest BCUT2D eigenvalue weighted by Crippen LogP contribution is 2.35. The molecule has 17 heavy (non-hydrogen) atoms. The predicted octanol–water partition coefficient (Wildman–Crippen LogP) is 2.69. The zero-order chi connectivity index (χ0) is 12.9. The lowest BCUT2D eigenvalue weighted by Gasteiger charge is -2.16. The number of hydrogen-bond donors (Lipinski definition) is 0. The predicted molar refractivity (Wildman–Crippen MR) is 57.3 cm³/mol. The van der Waals surface area contributed by atoms with Gasteiger partial charge in [-0.1, -0.05) is 18.1 Å². The van der Waals surface area contributed by atoms with Crippen LogP contribution in [0.2, 0.25) is 0 Å². The van der Waals surface area contributed by atoms with Gasteiger partial charge in [-0.2, -0.15) is 13.2 Å². The second-order valence-corrected chi connectivity index (χ2v) is 3.80. The molecule has 0 aromatic heterocycles. The number of halogens is 3. The van der Waals surface area contributed by atoms with E-state index in [1.807, 2.05) is 0 Å². The van der Waals surface area contributed by atoms with Crippen LogP contribution >= 0.6 is 0 Å². The van der Waals surface area contributed by atoms with Crippen molar-refractivity contribution in [2.75, 3.05) is 6.61 Å². The van der Waals surface area contributed by atoms with Crippen molar-refractivity contribution in [1.29, 1.82) is 0 Å². The molecule has 0 saturated carbocycles. The molecule has 1 saturated heterocycles. The van der Waals surface area contributed by atoms with Gasteiger partial charge in [0.05, 0.1) is 12.2 Å². The third-order valence-electron chi connectivity index (χ3n) is 2.55. The Hall–Kier alpha value is -0.990. The molecular formula is C12H15F3O2. The van der Waals surface area contributed by atoms with Crippen LogP contribution in [0.1, 0.15) is 19.8 Å². The van der Waals surface area contributed by atoms with E-state index in [-0.39, 0.29) is 13.0 Å². The molecule has 0 spiro atoms. The Bertz CT molecular complexity index is 304. The molecule has 0 aromatic rings. The monoisotopic (exact) mass is 248 g/mol. The number of rotatable bonds is 4. The molecule has 0 N–H and O–H groups in total. The Morgan fingerprint density at radius 1 is 1.53 bits per heavy atom. The molecular weight excluding hydrogens is 233 g/mol. The van der Waals surface area contributed by atoms with Gasteiger partial charge in [0, 0.05) is 6.42 Å². The quantitative estimate of drug-likeness (QED) is 0.562. The second kappa shape index (κ2) is 6.08. The SMILES string of the molecule is C#CCOC1CC(C(F)(F)F)OC1C/C=C/C. The molecule has 1 heterocycles. The Labute approximate surface area is 98.8 Å². The first kappa shape index (κ1) is 14.1. The molecule has 0 bridgehead atoms. The summed E-state index contributed by atoms with van der Waals surface area (Å²) >= 11 is 0. The van der Waals surface area contributed by atoms with Crippen LogP contribution in [-0.2, 0) is 9.47 Å². The normalized spacial score (nSPS) is 29.7. The van der Waals surface area contributed by atoms with Gasteiger partial charge in [-0.25, -0.2) is 0 Å². The summed E-state index contributed by atoms with van der Waals surface area (Å²) in [6.45, 7) is 1.80. The van der Waals surface area contributed by atoms with Crippen LogP contribution < -0.4 is 0 Å². The molecule has 1 fully saturated rings. The highest BCUT2D eigenvalue weighted by molar-refractivity contribution is 4.93. The van der Waals surface area contributed by atoms with Gasteiger partial charge in [0.25, 0.3) is 0 Å². The fraction of sp³-hybridized carbons (Fsp3) is 0.667. The summed E-state index contributed by atoms with van der Waals surface area (Å²) in [5.41, 5.74) is 0. The molecule has 0 aliphatic carbocycles. The van der Waals surface area contributed by atoms with Crippen molar-refractivity contribution >= 4 is 0 Å². The summed E-state index contributed by atoms with van der Waals surface area (Å²) in [7, 11) is 0. The lowest BCUT2D eigenvalue weighted by Crippen LogP contribution is -2.28. The van der Waals surface area contributed by atoms with E-state index in [1.165, 1.54) is 0 Å². The van der Waals surface area contributed by atoms with Gasteiger partial charge >= 0.3 is 6.18 Å². The molecule has 0 aromatic carbocycles. The van der Waals surface area contributed by atoms with E-state index in [1.54, 1.807) is 19.1 Å². The van der Waals surface area contributed by atoms with Gasteiger partial charge in [-0.15, -0.1) is 6.42 Å². The van der Waals surface area contributed by atoms with Crippen LogP contribution in [0.4, 0.5) is 13.2 Å². The van der Waals surface area contributed by atoms with Gasteiger partial charge in [0.2, 0.25) is 0 Å². The number of alkyl halides is 3. The third-order valence-corrected chi connectivity index (χ3v) is 2.55.